The van der Waals surface area contributed by atoms with Gasteiger partial charge in [0.15, 0.2) is 0 Å². The normalized spacial score (nSPS) is 10.8. The Morgan fingerprint density at radius 2 is 2.06 bits per heavy atom. The third-order valence-electron chi connectivity index (χ3n) is 2.79. The lowest BCUT2D eigenvalue weighted by Gasteiger charge is -2.09. The van der Waals surface area contributed by atoms with E-state index in [-0.39, 0.29) is 0 Å². The van der Waals surface area contributed by atoms with Gasteiger partial charge in [-0.05, 0) is 42.7 Å². The Balaban J connectivity index is 2.73. The number of benzene rings is 1. The van der Waals surface area contributed by atoms with Crippen LogP contribution < -0.4 is 5.32 Å². The minimum atomic E-state index is 0.770. The van der Waals surface area contributed by atoms with Gasteiger partial charge < -0.3 is 5.32 Å². The second-order valence-corrected chi connectivity index (χ2v) is 4.30. The molecule has 0 unspecified atom stereocenters. The van der Waals surface area contributed by atoms with E-state index >= 15 is 0 Å². The van der Waals surface area contributed by atoms with Crippen LogP contribution in [0.3, 0.4) is 0 Å². The van der Waals surface area contributed by atoms with Gasteiger partial charge in [-0.15, -0.1) is 0 Å². The molecule has 1 N–H and O–H groups in total. The molecule has 0 aliphatic carbocycles. The third-order valence-corrected chi connectivity index (χ3v) is 3.20. The molecule has 0 radical (unpaired) electrons. The van der Waals surface area contributed by atoms with Gasteiger partial charge in [-0.1, -0.05) is 18.5 Å². The molecular weight excluding hydrogens is 220 g/mol. The molecule has 1 aromatic heterocycles. The summed E-state index contributed by atoms with van der Waals surface area (Å²) in [6.07, 6.45) is 0.973. The summed E-state index contributed by atoms with van der Waals surface area (Å²) in [5.41, 5.74) is 3.27. The number of nitrogens with one attached hydrogen (secondary N) is 1. The number of pyridine rings is 1. The second-order valence-electron chi connectivity index (χ2n) is 3.89. The van der Waals surface area contributed by atoms with Crippen LogP contribution in [0.15, 0.2) is 18.2 Å². The van der Waals surface area contributed by atoms with Crippen LogP contribution in [0.1, 0.15) is 18.1 Å². The summed E-state index contributed by atoms with van der Waals surface area (Å²) in [7, 11) is 1.89. The summed E-state index contributed by atoms with van der Waals surface area (Å²) in [4.78, 5) is 4.57. The van der Waals surface area contributed by atoms with Crippen molar-refractivity contribution >= 4 is 28.3 Å². The lowest BCUT2D eigenvalue weighted by Crippen LogP contribution is -1.98. The molecule has 0 aliphatic heterocycles. The monoisotopic (exact) mass is 234 g/mol. The Hall–Kier alpha value is -1.28. The van der Waals surface area contributed by atoms with Crippen LogP contribution in [0, 0.1) is 6.92 Å². The topological polar surface area (TPSA) is 24.9 Å². The van der Waals surface area contributed by atoms with Gasteiger partial charge in [0.2, 0.25) is 0 Å². The van der Waals surface area contributed by atoms with E-state index in [0.717, 1.165) is 33.7 Å². The van der Waals surface area contributed by atoms with Gasteiger partial charge >= 0.3 is 0 Å². The molecule has 0 saturated heterocycles. The largest absolute Gasteiger partial charge is 0.373 e. The van der Waals surface area contributed by atoms with Crippen molar-refractivity contribution in [2.45, 2.75) is 20.3 Å². The fraction of sp³-hybridized carbons (Fsp3) is 0.308. The van der Waals surface area contributed by atoms with Crippen molar-refractivity contribution < 1.29 is 0 Å². The van der Waals surface area contributed by atoms with Gasteiger partial charge in [-0.2, -0.15) is 0 Å². The number of aromatic nitrogens is 1. The van der Waals surface area contributed by atoms with Crippen molar-refractivity contribution in [1.82, 2.24) is 4.98 Å². The Morgan fingerprint density at radius 3 is 2.69 bits per heavy atom. The first-order chi connectivity index (χ1) is 7.65. The first-order valence-electron chi connectivity index (χ1n) is 5.43. The molecular formula is C13H15ClN2. The molecule has 1 heterocycles. The zero-order valence-corrected chi connectivity index (χ0v) is 10.5. The maximum atomic E-state index is 6.10. The Kier molecular flexibility index (Phi) is 3.01. The summed E-state index contributed by atoms with van der Waals surface area (Å²) >= 11 is 6.10. The Labute approximate surface area is 101 Å². The predicted octanol–water partition coefficient (Wildman–Crippen LogP) is 3.80. The van der Waals surface area contributed by atoms with Gasteiger partial charge in [-0.3, -0.25) is 0 Å². The molecule has 0 fully saturated rings. The molecule has 0 saturated carbocycles. The lowest BCUT2D eigenvalue weighted by atomic mass is 10.1. The predicted molar refractivity (Wildman–Crippen MR) is 70.4 cm³/mol. The highest BCUT2D eigenvalue weighted by molar-refractivity contribution is 6.32. The molecule has 3 heteroatoms. The fourth-order valence-corrected chi connectivity index (χ4v) is 2.00. The third kappa shape index (κ3) is 1.85. The molecule has 84 valence electrons. The molecule has 0 atom stereocenters. The number of aryl methyl sites for hydroxylation is 2. The van der Waals surface area contributed by atoms with E-state index in [1.807, 2.05) is 20.0 Å². The number of rotatable bonds is 2. The van der Waals surface area contributed by atoms with E-state index in [4.69, 9.17) is 11.6 Å². The number of nitrogens with zero attached hydrogens (tertiary/aromatic N) is 1. The van der Waals surface area contributed by atoms with Gasteiger partial charge in [0, 0.05) is 17.5 Å². The smallest absolute Gasteiger partial charge is 0.129 e. The number of fused-ring (bicyclic) bond motifs is 1. The van der Waals surface area contributed by atoms with Crippen LogP contribution in [0.5, 0.6) is 0 Å². The van der Waals surface area contributed by atoms with Crippen LogP contribution in [-0.2, 0) is 6.42 Å². The molecule has 0 bridgehead atoms. The standard InChI is InChI=1S/C13H15ClN2/c1-4-9-6-10-5-8(2)11(14)7-12(10)16-13(9)15-3/h5-7H,4H2,1-3H3,(H,15,16). The Bertz CT molecular complexity index is 486. The van der Waals surface area contributed by atoms with E-state index in [1.165, 1.54) is 5.56 Å². The molecule has 16 heavy (non-hydrogen) atoms. The number of halogens is 1. The molecule has 2 rings (SSSR count). The van der Waals surface area contributed by atoms with Gasteiger partial charge in [-0.25, -0.2) is 4.98 Å². The summed E-state index contributed by atoms with van der Waals surface area (Å²) in [5.74, 6) is 0.940. The van der Waals surface area contributed by atoms with Crippen molar-refractivity contribution in [2.75, 3.05) is 12.4 Å². The molecule has 0 amide bonds. The zero-order chi connectivity index (χ0) is 11.7. The number of hydrogen-bond acceptors (Lipinski definition) is 2. The van der Waals surface area contributed by atoms with E-state index in [1.54, 1.807) is 0 Å². The van der Waals surface area contributed by atoms with Crippen molar-refractivity contribution in [1.29, 1.82) is 0 Å². The maximum Gasteiger partial charge on any atom is 0.129 e. The first-order valence-corrected chi connectivity index (χ1v) is 5.81. The molecule has 1 aromatic carbocycles. The van der Waals surface area contributed by atoms with E-state index in [2.05, 4.69) is 29.4 Å². The van der Waals surface area contributed by atoms with E-state index in [9.17, 15) is 0 Å². The average Bonchev–Trinajstić information content (AvgIpc) is 2.29. The molecule has 0 aliphatic rings. The maximum absolute atomic E-state index is 6.10. The molecule has 2 nitrogen and oxygen atoms in total. The van der Waals surface area contributed by atoms with Crippen molar-refractivity contribution in [3.63, 3.8) is 0 Å². The highest BCUT2D eigenvalue weighted by Crippen LogP contribution is 2.26. The van der Waals surface area contributed by atoms with Gasteiger partial charge in [0.25, 0.3) is 0 Å². The summed E-state index contributed by atoms with van der Waals surface area (Å²) in [6, 6.07) is 6.19. The van der Waals surface area contributed by atoms with Crippen LogP contribution in [-0.4, -0.2) is 12.0 Å². The van der Waals surface area contributed by atoms with Gasteiger partial charge in [0.05, 0.1) is 5.52 Å². The van der Waals surface area contributed by atoms with Crippen molar-refractivity contribution in [3.05, 3.63) is 34.3 Å². The lowest BCUT2D eigenvalue weighted by molar-refractivity contribution is 1.12. The quantitative estimate of drug-likeness (QED) is 0.855. The van der Waals surface area contributed by atoms with Crippen molar-refractivity contribution in [2.24, 2.45) is 0 Å². The molecule has 2 aromatic rings. The minimum Gasteiger partial charge on any atom is -0.373 e. The van der Waals surface area contributed by atoms with E-state index in [0.29, 0.717) is 0 Å². The second kappa shape index (κ2) is 4.30. The van der Waals surface area contributed by atoms with Crippen molar-refractivity contribution in [3.8, 4) is 0 Å². The summed E-state index contributed by atoms with van der Waals surface area (Å²) in [5, 5.41) is 5.04. The van der Waals surface area contributed by atoms with Crippen LogP contribution in [0.2, 0.25) is 5.02 Å². The summed E-state index contributed by atoms with van der Waals surface area (Å²) < 4.78 is 0. The number of anilines is 1. The first kappa shape index (κ1) is 11.2. The fourth-order valence-electron chi connectivity index (χ4n) is 1.84. The Morgan fingerprint density at radius 1 is 1.31 bits per heavy atom. The SMILES string of the molecule is CCc1cc2cc(C)c(Cl)cc2nc1NC. The summed E-state index contributed by atoms with van der Waals surface area (Å²) in [6.45, 7) is 4.14. The van der Waals surface area contributed by atoms with Gasteiger partial charge in [0.1, 0.15) is 5.82 Å². The van der Waals surface area contributed by atoms with Crippen LogP contribution >= 0.6 is 11.6 Å². The highest BCUT2D eigenvalue weighted by atomic mass is 35.5. The zero-order valence-electron chi connectivity index (χ0n) is 9.76. The van der Waals surface area contributed by atoms with Crippen LogP contribution in [0.25, 0.3) is 10.9 Å². The van der Waals surface area contributed by atoms with E-state index < -0.39 is 0 Å². The van der Waals surface area contributed by atoms with Crippen LogP contribution in [0.4, 0.5) is 5.82 Å². The highest BCUT2D eigenvalue weighted by Gasteiger charge is 2.06. The number of hydrogen-bond donors (Lipinski definition) is 1. The molecule has 0 spiro atoms. The minimum absolute atomic E-state index is 0.770. The average molecular weight is 235 g/mol.